The highest BCUT2D eigenvalue weighted by atomic mass is 32.1. The molecule has 4 heteroatoms. The van der Waals surface area contributed by atoms with Gasteiger partial charge in [0.1, 0.15) is 6.10 Å². The van der Waals surface area contributed by atoms with Crippen LogP contribution < -0.4 is 0 Å². The number of ether oxygens (including phenoxy) is 1. The van der Waals surface area contributed by atoms with Gasteiger partial charge in [0.15, 0.2) is 0 Å². The zero-order valence-electron chi connectivity index (χ0n) is 12.3. The van der Waals surface area contributed by atoms with Gasteiger partial charge < -0.3 is 9.64 Å². The zero-order chi connectivity index (χ0) is 14.8. The smallest absolute Gasteiger partial charge is 0.264 e. The number of rotatable bonds is 2. The second-order valence-electron chi connectivity index (χ2n) is 5.51. The van der Waals surface area contributed by atoms with Gasteiger partial charge in [0, 0.05) is 6.54 Å². The van der Waals surface area contributed by atoms with Gasteiger partial charge in [0.05, 0.1) is 18.0 Å². The minimum atomic E-state index is -0.0237. The Hall–Kier alpha value is -1.65. The molecule has 1 amide bonds. The number of hydrogen-bond donors (Lipinski definition) is 0. The first-order valence-corrected chi connectivity index (χ1v) is 8.04. The average molecular weight is 301 g/mol. The second kappa shape index (κ2) is 6.00. The summed E-state index contributed by atoms with van der Waals surface area (Å²) < 4.78 is 5.83. The fraction of sp³-hybridized carbons (Fsp3) is 0.353. The number of morpholine rings is 1. The monoisotopic (exact) mass is 301 g/mol. The van der Waals surface area contributed by atoms with E-state index < -0.39 is 0 Å². The van der Waals surface area contributed by atoms with Crippen LogP contribution in [0, 0.1) is 13.8 Å². The van der Waals surface area contributed by atoms with E-state index in [9.17, 15) is 4.79 Å². The fourth-order valence-electron chi connectivity index (χ4n) is 2.52. The first-order chi connectivity index (χ1) is 10.1. The first kappa shape index (κ1) is 14.3. The van der Waals surface area contributed by atoms with E-state index in [2.05, 4.69) is 31.2 Å². The molecule has 1 aliphatic heterocycles. The summed E-state index contributed by atoms with van der Waals surface area (Å²) in [5.74, 6) is 0.119. The van der Waals surface area contributed by atoms with Gasteiger partial charge in [-0.2, -0.15) is 0 Å². The van der Waals surface area contributed by atoms with Gasteiger partial charge in [0.25, 0.3) is 5.91 Å². The molecule has 2 aromatic rings. The summed E-state index contributed by atoms with van der Waals surface area (Å²) in [7, 11) is 0. The maximum atomic E-state index is 12.5. The summed E-state index contributed by atoms with van der Waals surface area (Å²) in [5, 5.41) is 2.02. The third kappa shape index (κ3) is 3.17. The van der Waals surface area contributed by atoms with Crippen LogP contribution in [0.4, 0.5) is 0 Å². The van der Waals surface area contributed by atoms with E-state index in [1.54, 1.807) is 0 Å². The molecule has 1 atom stereocenters. The lowest BCUT2D eigenvalue weighted by Gasteiger charge is -2.33. The third-order valence-electron chi connectivity index (χ3n) is 3.74. The molecule has 0 aliphatic carbocycles. The Morgan fingerprint density at radius 3 is 2.67 bits per heavy atom. The summed E-state index contributed by atoms with van der Waals surface area (Å²) in [5.41, 5.74) is 3.52. The molecule has 1 aromatic carbocycles. The molecule has 1 aromatic heterocycles. The predicted octanol–water partition coefficient (Wildman–Crippen LogP) is 3.58. The van der Waals surface area contributed by atoms with Gasteiger partial charge in [-0.15, -0.1) is 11.3 Å². The SMILES string of the molecule is Cc1ccc(C2CN(C(=O)c3cc(C)cs3)CCO2)cc1. The number of benzene rings is 1. The molecular weight excluding hydrogens is 282 g/mol. The molecule has 2 heterocycles. The molecule has 0 radical (unpaired) electrons. The number of hydrogen-bond acceptors (Lipinski definition) is 3. The number of thiophene rings is 1. The van der Waals surface area contributed by atoms with Crippen molar-refractivity contribution in [1.82, 2.24) is 4.90 Å². The average Bonchev–Trinajstić information content (AvgIpc) is 2.94. The molecule has 0 saturated carbocycles. The maximum absolute atomic E-state index is 12.5. The van der Waals surface area contributed by atoms with Crippen molar-refractivity contribution >= 4 is 17.2 Å². The van der Waals surface area contributed by atoms with E-state index >= 15 is 0 Å². The number of carbonyl (C=O) groups is 1. The molecule has 1 saturated heterocycles. The van der Waals surface area contributed by atoms with Crippen LogP contribution in [-0.2, 0) is 4.74 Å². The molecule has 3 nitrogen and oxygen atoms in total. The molecule has 3 rings (SSSR count). The molecule has 0 bridgehead atoms. The Kier molecular flexibility index (Phi) is 4.08. The van der Waals surface area contributed by atoms with Crippen molar-refractivity contribution in [3.05, 3.63) is 57.3 Å². The van der Waals surface area contributed by atoms with Gasteiger partial charge in [-0.25, -0.2) is 0 Å². The Balaban J connectivity index is 1.73. The highest BCUT2D eigenvalue weighted by molar-refractivity contribution is 7.12. The quantitative estimate of drug-likeness (QED) is 0.848. The molecule has 0 spiro atoms. The standard InChI is InChI=1S/C17H19NO2S/c1-12-3-5-14(6-4-12)15-10-18(7-8-20-15)17(19)16-9-13(2)11-21-16/h3-6,9,11,15H,7-8,10H2,1-2H3. The van der Waals surface area contributed by atoms with Crippen molar-refractivity contribution in [2.45, 2.75) is 20.0 Å². The summed E-state index contributed by atoms with van der Waals surface area (Å²) in [6.07, 6.45) is -0.0237. The number of amides is 1. The van der Waals surface area contributed by atoms with Gasteiger partial charge in [-0.1, -0.05) is 29.8 Å². The molecule has 21 heavy (non-hydrogen) atoms. The van der Waals surface area contributed by atoms with Crippen LogP contribution in [0.1, 0.15) is 32.5 Å². The van der Waals surface area contributed by atoms with E-state index in [-0.39, 0.29) is 12.0 Å². The highest BCUT2D eigenvalue weighted by Crippen LogP contribution is 2.25. The van der Waals surface area contributed by atoms with E-state index in [0.29, 0.717) is 19.7 Å². The van der Waals surface area contributed by atoms with Crippen molar-refractivity contribution in [1.29, 1.82) is 0 Å². The van der Waals surface area contributed by atoms with Gasteiger partial charge >= 0.3 is 0 Å². The van der Waals surface area contributed by atoms with Crippen molar-refractivity contribution in [3.63, 3.8) is 0 Å². The molecular formula is C17H19NO2S. The van der Waals surface area contributed by atoms with Crippen LogP contribution >= 0.6 is 11.3 Å². The molecule has 0 N–H and O–H groups in total. The number of aryl methyl sites for hydroxylation is 2. The summed E-state index contributed by atoms with van der Waals surface area (Å²) in [6.45, 7) is 5.97. The van der Waals surface area contributed by atoms with Crippen LogP contribution in [-0.4, -0.2) is 30.5 Å². The summed E-state index contributed by atoms with van der Waals surface area (Å²) >= 11 is 1.52. The lowest BCUT2D eigenvalue weighted by atomic mass is 10.1. The minimum Gasteiger partial charge on any atom is -0.370 e. The third-order valence-corrected chi connectivity index (χ3v) is 4.78. The molecule has 110 valence electrons. The summed E-state index contributed by atoms with van der Waals surface area (Å²) in [6, 6.07) is 10.3. The second-order valence-corrected chi connectivity index (χ2v) is 6.42. The zero-order valence-corrected chi connectivity index (χ0v) is 13.2. The van der Waals surface area contributed by atoms with Crippen LogP contribution in [0.5, 0.6) is 0 Å². The maximum Gasteiger partial charge on any atom is 0.264 e. The van der Waals surface area contributed by atoms with Crippen LogP contribution in [0.15, 0.2) is 35.7 Å². The first-order valence-electron chi connectivity index (χ1n) is 7.16. The minimum absolute atomic E-state index is 0.0237. The van der Waals surface area contributed by atoms with E-state index in [4.69, 9.17) is 4.74 Å². The van der Waals surface area contributed by atoms with Gasteiger partial charge in [0.2, 0.25) is 0 Å². The van der Waals surface area contributed by atoms with Crippen LogP contribution in [0.25, 0.3) is 0 Å². The van der Waals surface area contributed by atoms with Crippen molar-refractivity contribution in [3.8, 4) is 0 Å². The Labute approximate surface area is 129 Å². The van der Waals surface area contributed by atoms with Crippen LogP contribution in [0.3, 0.4) is 0 Å². The highest BCUT2D eigenvalue weighted by Gasteiger charge is 2.26. The van der Waals surface area contributed by atoms with Crippen molar-refractivity contribution in [2.24, 2.45) is 0 Å². The lowest BCUT2D eigenvalue weighted by Crippen LogP contribution is -2.42. The van der Waals surface area contributed by atoms with E-state index in [0.717, 1.165) is 16.0 Å². The number of nitrogens with zero attached hydrogens (tertiary/aromatic N) is 1. The molecule has 1 unspecified atom stereocenters. The predicted molar refractivity (Wildman–Crippen MR) is 84.8 cm³/mol. The van der Waals surface area contributed by atoms with Crippen molar-refractivity contribution < 1.29 is 9.53 Å². The topological polar surface area (TPSA) is 29.5 Å². The van der Waals surface area contributed by atoms with E-state index in [1.165, 1.54) is 16.9 Å². The molecule has 1 fully saturated rings. The Morgan fingerprint density at radius 1 is 1.24 bits per heavy atom. The fourth-order valence-corrected chi connectivity index (χ4v) is 3.38. The van der Waals surface area contributed by atoms with Gasteiger partial charge in [-0.05, 0) is 36.4 Å². The van der Waals surface area contributed by atoms with Crippen molar-refractivity contribution in [2.75, 3.05) is 19.7 Å². The summed E-state index contributed by atoms with van der Waals surface area (Å²) in [4.78, 5) is 15.2. The lowest BCUT2D eigenvalue weighted by molar-refractivity contribution is -0.0226. The Bertz CT molecular complexity index is 632. The Morgan fingerprint density at radius 2 is 2.00 bits per heavy atom. The molecule has 1 aliphatic rings. The van der Waals surface area contributed by atoms with Gasteiger partial charge in [-0.3, -0.25) is 4.79 Å². The largest absolute Gasteiger partial charge is 0.370 e. The normalized spacial score (nSPS) is 18.8. The number of carbonyl (C=O) groups excluding carboxylic acids is 1. The van der Waals surface area contributed by atoms with Crippen LogP contribution in [0.2, 0.25) is 0 Å². The van der Waals surface area contributed by atoms with E-state index in [1.807, 2.05) is 23.3 Å².